The van der Waals surface area contributed by atoms with Crippen LogP contribution in [-0.2, 0) is 9.59 Å². The molecule has 3 fully saturated rings. The van der Waals surface area contributed by atoms with Crippen molar-refractivity contribution >= 4 is 11.8 Å². The summed E-state index contributed by atoms with van der Waals surface area (Å²) in [5.74, 6) is 1.57. The second-order valence-electron chi connectivity index (χ2n) is 7.53. The fourth-order valence-corrected chi connectivity index (χ4v) is 3.64. The topological polar surface area (TPSA) is 49.4 Å². The zero-order chi connectivity index (χ0) is 15.2. The first-order valence-corrected chi connectivity index (χ1v) is 8.60. The summed E-state index contributed by atoms with van der Waals surface area (Å²) < 4.78 is 0. The largest absolute Gasteiger partial charge is 0.340 e. The lowest BCUT2D eigenvalue weighted by atomic mass is 9.85. The number of nitrogens with one attached hydrogen (secondary N) is 1. The standard InChI is InChI=1S/C17H28N2O2/c1-4-11(2)14-15(20)18-17(3,13-7-8-13)16(21)19(14)10-9-12-5-6-12/h11-14H,4-10H2,1-3H3,(H,18,20). The van der Waals surface area contributed by atoms with Crippen molar-refractivity contribution in [2.45, 2.75) is 70.9 Å². The van der Waals surface area contributed by atoms with Crippen LogP contribution in [0.4, 0.5) is 0 Å². The van der Waals surface area contributed by atoms with E-state index in [9.17, 15) is 9.59 Å². The van der Waals surface area contributed by atoms with Crippen LogP contribution in [0.25, 0.3) is 0 Å². The molecule has 3 atom stereocenters. The zero-order valence-electron chi connectivity index (χ0n) is 13.5. The molecule has 21 heavy (non-hydrogen) atoms. The van der Waals surface area contributed by atoms with Crippen LogP contribution >= 0.6 is 0 Å². The maximum atomic E-state index is 13.0. The van der Waals surface area contributed by atoms with E-state index in [4.69, 9.17) is 0 Å². The number of hydrogen-bond acceptors (Lipinski definition) is 2. The maximum Gasteiger partial charge on any atom is 0.249 e. The first-order chi connectivity index (χ1) is 9.97. The minimum atomic E-state index is -0.648. The Morgan fingerprint density at radius 3 is 2.48 bits per heavy atom. The van der Waals surface area contributed by atoms with Gasteiger partial charge in [-0.3, -0.25) is 9.59 Å². The van der Waals surface area contributed by atoms with E-state index in [2.05, 4.69) is 19.2 Å². The molecule has 1 saturated heterocycles. The summed E-state index contributed by atoms with van der Waals surface area (Å²) in [5, 5.41) is 3.07. The molecule has 1 N–H and O–H groups in total. The molecule has 0 aromatic heterocycles. The Labute approximate surface area is 127 Å². The first-order valence-electron chi connectivity index (χ1n) is 8.60. The van der Waals surface area contributed by atoms with Gasteiger partial charge in [-0.15, -0.1) is 0 Å². The summed E-state index contributed by atoms with van der Waals surface area (Å²) in [5.41, 5.74) is -0.648. The first kappa shape index (κ1) is 14.9. The number of nitrogens with zero attached hydrogens (tertiary/aromatic N) is 1. The number of carbonyl (C=O) groups excluding carboxylic acids is 2. The zero-order valence-corrected chi connectivity index (χ0v) is 13.5. The lowest BCUT2D eigenvalue weighted by molar-refractivity contribution is -0.157. The number of carbonyl (C=O) groups is 2. The number of hydrogen-bond donors (Lipinski definition) is 1. The molecule has 1 heterocycles. The van der Waals surface area contributed by atoms with Crippen molar-refractivity contribution < 1.29 is 9.59 Å². The summed E-state index contributed by atoms with van der Waals surface area (Å²) in [6.45, 7) is 6.87. The van der Waals surface area contributed by atoms with E-state index in [1.807, 2.05) is 11.8 Å². The molecule has 2 amide bonds. The molecule has 3 rings (SSSR count). The van der Waals surface area contributed by atoms with Crippen LogP contribution in [0.2, 0.25) is 0 Å². The quantitative estimate of drug-likeness (QED) is 0.817. The van der Waals surface area contributed by atoms with Crippen molar-refractivity contribution in [3.8, 4) is 0 Å². The molecule has 4 heteroatoms. The molecule has 0 bridgehead atoms. The highest BCUT2D eigenvalue weighted by Gasteiger charge is 2.55. The minimum Gasteiger partial charge on any atom is -0.340 e. The van der Waals surface area contributed by atoms with Gasteiger partial charge in [-0.1, -0.05) is 33.1 Å². The van der Waals surface area contributed by atoms with Crippen molar-refractivity contribution in [1.82, 2.24) is 10.2 Å². The SMILES string of the molecule is CCC(C)C1C(=O)NC(C)(C2CC2)C(=O)N1CCC1CC1. The van der Waals surface area contributed by atoms with Crippen LogP contribution in [0.1, 0.15) is 59.3 Å². The van der Waals surface area contributed by atoms with Crippen LogP contribution in [-0.4, -0.2) is 34.8 Å². The highest BCUT2D eigenvalue weighted by Crippen LogP contribution is 2.43. The molecule has 1 aliphatic heterocycles. The van der Waals surface area contributed by atoms with Gasteiger partial charge in [-0.25, -0.2) is 0 Å². The van der Waals surface area contributed by atoms with Crippen LogP contribution in [0.15, 0.2) is 0 Å². The van der Waals surface area contributed by atoms with Gasteiger partial charge in [0.25, 0.3) is 0 Å². The van der Waals surface area contributed by atoms with Gasteiger partial charge in [0.1, 0.15) is 11.6 Å². The minimum absolute atomic E-state index is 0.0640. The van der Waals surface area contributed by atoms with Crippen LogP contribution < -0.4 is 5.32 Å². The van der Waals surface area contributed by atoms with E-state index >= 15 is 0 Å². The highest BCUT2D eigenvalue weighted by atomic mass is 16.2. The third-order valence-corrected chi connectivity index (χ3v) is 5.74. The second kappa shape index (κ2) is 5.29. The van der Waals surface area contributed by atoms with Gasteiger partial charge in [0.05, 0.1) is 0 Å². The molecule has 118 valence electrons. The predicted octanol–water partition coefficient (Wildman–Crippen LogP) is 2.33. The van der Waals surface area contributed by atoms with Gasteiger partial charge in [-0.2, -0.15) is 0 Å². The third-order valence-electron chi connectivity index (χ3n) is 5.74. The van der Waals surface area contributed by atoms with Crippen LogP contribution in [0.5, 0.6) is 0 Å². The summed E-state index contributed by atoms with van der Waals surface area (Å²) in [6, 6.07) is -0.270. The average molecular weight is 292 g/mol. The number of amides is 2. The number of piperazine rings is 1. The molecule has 0 spiro atoms. The van der Waals surface area contributed by atoms with Gasteiger partial charge in [-0.05, 0) is 43.9 Å². The van der Waals surface area contributed by atoms with E-state index in [1.54, 1.807) is 0 Å². The van der Waals surface area contributed by atoms with Gasteiger partial charge in [0.15, 0.2) is 0 Å². The van der Waals surface area contributed by atoms with Crippen molar-refractivity contribution in [3.63, 3.8) is 0 Å². The molecule has 3 aliphatic rings. The summed E-state index contributed by atoms with van der Waals surface area (Å²) in [4.78, 5) is 27.6. The predicted molar refractivity (Wildman–Crippen MR) is 81.6 cm³/mol. The van der Waals surface area contributed by atoms with Crippen molar-refractivity contribution in [1.29, 1.82) is 0 Å². The molecule has 0 aromatic rings. The van der Waals surface area contributed by atoms with E-state index in [0.717, 1.165) is 38.1 Å². The lowest BCUT2D eigenvalue weighted by Crippen LogP contribution is -2.71. The molecule has 2 saturated carbocycles. The molecule has 2 aliphatic carbocycles. The number of rotatable bonds is 6. The monoisotopic (exact) mass is 292 g/mol. The maximum absolute atomic E-state index is 13.0. The van der Waals surface area contributed by atoms with E-state index < -0.39 is 5.54 Å². The van der Waals surface area contributed by atoms with E-state index in [-0.39, 0.29) is 23.8 Å². The van der Waals surface area contributed by atoms with Gasteiger partial charge < -0.3 is 10.2 Å². The fourth-order valence-electron chi connectivity index (χ4n) is 3.64. The van der Waals surface area contributed by atoms with Crippen molar-refractivity contribution in [3.05, 3.63) is 0 Å². The van der Waals surface area contributed by atoms with Crippen molar-refractivity contribution in [2.75, 3.05) is 6.54 Å². The summed E-state index contributed by atoms with van der Waals surface area (Å²) >= 11 is 0. The second-order valence-corrected chi connectivity index (χ2v) is 7.53. The Morgan fingerprint density at radius 1 is 1.29 bits per heavy atom. The third kappa shape index (κ3) is 2.69. The van der Waals surface area contributed by atoms with Gasteiger partial charge >= 0.3 is 0 Å². The van der Waals surface area contributed by atoms with Crippen molar-refractivity contribution in [2.24, 2.45) is 17.8 Å². The Hall–Kier alpha value is -1.06. The van der Waals surface area contributed by atoms with Gasteiger partial charge in [0.2, 0.25) is 11.8 Å². The lowest BCUT2D eigenvalue weighted by Gasteiger charge is -2.46. The Morgan fingerprint density at radius 2 is 1.95 bits per heavy atom. The molecule has 4 nitrogen and oxygen atoms in total. The molecular weight excluding hydrogens is 264 g/mol. The Kier molecular flexibility index (Phi) is 3.74. The molecule has 3 unspecified atom stereocenters. The molecular formula is C17H28N2O2. The van der Waals surface area contributed by atoms with Gasteiger partial charge in [0, 0.05) is 6.54 Å². The smallest absolute Gasteiger partial charge is 0.249 e. The average Bonchev–Trinajstić information content (AvgIpc) is 3.31. The normalized spacial score (nSPS) is 34.8. The van der Waals surface area contributed by atoms with Crippen LogP contribution in [0, 0.1) is 17.8 Å². The Bertz CT molecular complexity index is 442. The molecule has 0 aromatic carbocycles. The molecule has 0 radical (unpaired) electrons. The Balaban J connectivity index is 1.81. The highest BCUT2D eigenvalue weighted by molar-refractivity contribution is 6.00. The fraction of sp³-hybridized carbons (Fsp3) is 0.882. The van der Waals surface area contributed by atoms with E-state index in [0.29, 0.717) is 5.92 Å². The van der Waals surface area contributed by atoms with Crippen LogP contribution in [0.3, 0.4) is 0 Å². The van der Waals surface area contributed by atoms with E-state index in [1.165, 1.54) is 12.8 Å². The summed E-state index contributed by atoms with van der Waals surface area (Å²) in [7, 11) is 0. The summed E-state index contributed by atoms with van der Waals surface area (Å²) in [6.07, 6.45) is 6.70.